The number of thioether (sulfide) groups is 1. The zero-order valence-corrected chi connectivity index (χ0v) is 7.11. The molecule has 6 heteroatoms. The van der Waals surface area contributed by atoms with E-state index in [1.807, 2.05) is 0 Å². The van der Waals surface area contributed by atoms with Crippen molar-refractivity contribution in [3.05, 3.63) is 11.1 Å². The van der Waals surface area contributed by atoms with Gasteiger partial charge >= 0.3 is 6.18 Å². The first-order valence-corrected chi connectivity index (χ1v) is 4.65. The van der Waals surface area contributed by atoms with E-state index in [0.29, 0.717) is 15.7 Å². The Kier molecular flexibility index (Phi) is 2.43. The molecule has 1 aromatic rings. The van der Waals surface area contributed by atoms with Gasteiger partial charge in [0.05, 0.1) is 6.20 Å². The predicted molar refractivity (Wildman–Crippen MR) is 38.9 cm³/mol. The van der Waals surface area contributed by atoms with Crippen molar-refractivity contribution in [3.63, 3.8) is 0 Å². The number of thiazole rings is 1. The summed E-state index contributed by atoms with van der Waals surface area (Å²) in [5, 5.41) is 0. The van der Waals surface area contributed by atoms with Crippen LogP contribution in [0.15, 0.2) is 10.5 Å². The first-order chi connectivity index (χ1) is 5.04. The van der Waals surface area contributed by atoms with Gasteiger partial charge in [-0.2, -0.15) is 13.2 Å². The highest BCUT2D eigenvalue weighted by Crippen LogP contribution is 2.35. The van der Waals surface area contributed by atoms with Gasteiger partial charge in [0.1, 0.15) is 9.22 Å². The summed E-state index contributed by atoms with van der Waals surface area (Å²) in [6, 6.07) is 0. The average molecular weight is 199 g/mol. The van der Waals surface area contributed by atoms with E-state index in [2.05, 4.69) is 4.98 Å². The van der Waals surface area contributed by atoms with Gasteiger partial charge in [-0.1, -0.05) is 11.8 Å². The molecular weight excluding hydrogens is 195 g/mol. The van der Waals surface area contributed by atoms with E-state index >= 15 is 0 Å². The molecule has 0 N–H and O–H groups in total. The molecule has 0 bridgehead atoms. The largest absolute Gasteiger partial charge is 0.427 e. The third-order valence-electron chi connectivity index (χ3n) is 0.938. The van der Waals surface area contributed by atoms with E-state index in [-0.39, 0.29) is 0 Å². The highest BCUT2D eigenvalue weighted by atomic mass is 32.2. The van der Waals surface area contributed by atoms with Gasteiger partial charge in [0.15, 0.2) is 0 Å². The van der Waals surface area contributed by atoms with Gasteiger partial charge in [-0.25, -0.2) is 4.98 Å². The van der Waals surface area contributed by atoms with Crippen LogP contribution >= 0.6 is 23.1 Å². The Hall–Kier alpha value is -0.230. The van der Waals surface area contributed by atoms with Crippen molar-refractivity contribution < 1.29 is 13.2 Å². The van der Waals surface area contributed by atoms with Crippen LogP contribution in [-0.4, -0.2) is 11.2 Å². The van der Waals surface area contributed by atoms with Gasteiger partial charge in [0.2, 0.25) is 0 Å². The van der Waals surface area contributed by atoms with Crippen molar-refractivity contribution in [2.24, 2.45) is 0 Å². The van der Waals surface area contributed by atoms with Crippen molar-refractivity contribution in [1.29, 1.82) is 0 Å². The summed E-state index contributed by atoms with van der Waals surface area (Å²) in [7, 11) is 0. The second-order valence-corrected chi connectivity index (χ2v) is 3.78. The van der Waals surface area contributed by atoms with E-state index in [1.54, 1.807) is 6.26 Å². The number of nitrogens with zero attached hydrogens (tertiary/aromatic N) is 1. The standard InChI is InChI=1S/C5H4F3NS2/c1-10-4-9-2-3(11-4)5(6,7)8/h2H,1H3. The van der Waals surface area contributed by atoms with Crippen LogP contribution in [0.5, 0.6) is 0 Å². The summed E-state index contributed by atoms with van der Waals surface area (Å²) in [6.07, 6.45) is -1.69. The highest BCUT2D eigenvalue weighted by Gasteiger charge is 2.33. The Morgan fingerprint density at radius 2 is 2.18 bits per heavy atom. The average Bonchev–Trinajstić information content (AvgIpc) is 2.32. The third-order valence-corrected chi connectivity index (χ3v) is 2.98. The zero-order chi connectivity index (χ0) is 8.48. The van der Waals surface area contributed by atoms with Crippen molar-refractivity contribution in [3.8, 4) is 0 Å². The van der Waals surface area contributed by atoms with E-state index in [4.69, 9.17) is 0 Å². The SMILES string of the molecule is CSc1ncc(C(F)(F)F)s1. The summed E-state index contributed by atoms with van der Waals surface area (Å²) in [4.78, 5) is 2.93. The molecule has 1 rings (SSSR count). The normalized spacial score (nSPS) is 12.0. The third kappa shape index (κ3) is 2.10. The van der Waals surface area contributed by atoms with Crippen LogP contribution < -0.4 is 0 Å². The van der Waals surface area contributed by atoms with Crippen LogP contribution in [-0.2, 0) is 6.18 Å². The first-order valence-electron chi connectivity index (χ1n) is 2.61. The number of alkyl halides is 3. The summed E-state index contributed by atoms with van der Waals surface area (Å²) in [6.45, 7) is 0. The lowest BCUT2D eigenvalue weighted by Gasteiger charge is -1.98. The predicted octanol–water partition coefficient (Wildman–Crippen LogP) is 2.88. The monoisotopic (exact) mass is 199 g/mol. The summed E-state index contributed by atoms with van der Waals surface area (Å²) < 4.78 is 36.1. The quantitative estimate of drug-likeness (QED) is 0.645. The molecule has 0 saturated heterocycles. The molecule has 11 heavy (non-hydrogen) atoms. The molecule has 0 amide bonds. The van der Waals surface area contributed by atoms with Crippen LogP contribution in [0.3, 0.4) is 0 Å². The lowest BCUT2D eigenvalue weighted by molar-refractivity contribution is -0.134. The molecule has 0 fully saturated rings. The molecule has 0 aliphatic heterocycles. The minimum absolute atomic E-state index is 0.442. The molecule has 0 aliphatic rings. The van der Waals surface area contributed by atoms with Crippen LogP contribution in [0, 0.1) is 0 Å². The van der Waals surface area contributed by atoms with Gasteiger partial charge in [0, 0.05) is 0 Å². The molecule has 0 aromatic carbocycles. The number of hydrogen-bond donors (Lipinski definition) is 0. The minimum Gasteiger partial charge on any atom is -0.238 e. The smallest absolute Gasteiger partial charge is 0.238 e. The Labute approximate surface area is 69.6 Å². The van der Waals surface area contributed by atoms with Crippen LogP contribution in [0.25, 0.3) is 0 Å². The van der Waals surface area contributed by atoms with E-state index in [1.165, 1.54) is 11.8 Å². The van der Waals surface area contributed by atoms with Crippen molar-refractivity contribution in [2.45, 2.75) is 10.5 Å². The number of hydrogen-bond acceptors (Lipinski definition) is 3. The summed E-state index contributed by atoms with van der Waals surface area (Å²) >= 11 is 1.88. The van der Waals surface area contributed by atoms with Crippen molar-refractivity contribution in [1.82, 2.24) is 4.98 Å². The molecule has 0 saturated carbocycles. The van der Waals surface area contributed by atoms with Crippen LogP contribution in [0.2, 0.25) is 0 Å². The maximum atomic E-state index is 11.9. The summed E-state index contributed by atoms with van der Waals surface area (Å²) in [5.41, 5.74) is 0. The Morgan fingerprint density at radius 3 is 2.45 bits per heavy atom. The highest BCUT2D eigenvalue weighted by molar-refractivity contribution is 8.00. The fourth-order valence-corrected chi connectivity index (χ4v) is 1.76. The molecule has 62 valence electrons. The molecule has 1 heterocycles. The maximum Gasteiger partial charge on any atom is 0.427 e. The fraction of sp³-hybridized carbons (Fsp3) is 0.400. The molecule has 0 aliphatic carbocycles. The van der Waals surface area contributed by atoms with Gasteiger partial charge in [-0.3, -0.25) is 0 Å². The lowest BCUT2D eigenvalue weighted by atomic mass is 10.5. The fourth-order valence-electron chi connectivity index (χ4n) is 0.484. The van der Waals surface area contributed by atoms with Crippen LogP contribution in [0.4, 0.5) is 13.2 Å². The summed E-state index contributed by atoms with van der Waals surface area (Å²) in [5.74, 6) is 0. The topological polar surface area (TPSA) is 12.9 Å². The Balaban J connectivity index is 2.89. The second kappa shape index (κ2) is 3.02. The number of aromatic nitrogens is 1. The lowest BCUT2D eigenvalue weighted by Crippen LogP contribution is -2.00. The van der Waals surface area contributed by atoms with E-state index in [9.17, 15) is 13.2 Å². The molecule has 0 atom stereocenters. The van der Waals surface area contributed by atoms with Crippen molar-refractivity contribution in [2.75, 3.05) is 6.26 Å². The van der Waals surface area contributed by atoms with Crippen LogP contribution in [0.1, 0.15) is 4.88 Å². The molecule has 1 nitrogen and oxygen atoms in total. The molecule has 0 unspecified atom stereocenters. The Bertz CT molecular complexity index is 242. The van der Waals surface area contributed by atoms with Gasteiger partial charge in [0.25, 0.3) is 0 Å². The van der Waals surface area contributed by atoms with E-state index < -0.39 is 11.1 Å². The maximum absolute atomic E-state index is 11.9. The first kappa shape index (κ1) is 8.86. The molecule has 0 radical (unpaired) electrons. The van der Waals surface area contributed by atoms with Crippen molar-refractivity contribution >= 4 is 23.1 Å². The minimum atomic E-state index is -4.24. The van der Waals surface area contributed by atoms with Gasteiger partial charge in [-0.15, -0.1) is 11.3 Å². The molecule has 0 spiro atoms. The molecule has 1 aromatic heterocycles. The zero-order valence-electron chi connectivity index (χ0n) is 5.47. The number of halogens is 3. The second-order valence-electron chi connectivity index (χ2n) is 1.69. The van der Waals surface area contributed by atoms with Gasteiger partial charge in [-0.05, 0) is 6.26 Å². The Morgan fingerprint density at radius 1 is 1.55 bits per heavy atom. The number of rotatable bonds is 1. The molecular formula is C5H4F3NS2. The van der Waals surface area contributed by atoms with Gasteiger partial charge < -0.3 is 0 Å². The van der Waals surface area contributed by atoms with E-state index in [0.717, 1.165) is 6.20 Å².